The van der Waals surface area contributed by atoms with E-state index in [0.717, 1.165) is 77.2 Å². The van der Waals surface area contributed by atoms with E-state index >= 15 is 0 Å². The fourth-order valence-electron chi connectivity index (χ4n) is 8.32. The number of benzene rings is 7. The van der Waals surface area contributed by atoms with E-state index in [9.17, 15) is 0 Å². The Morgan fingerprint density at radius 2 is 1.06 bits per heavy atom. The Labute approximate surface area is 289 Å². The molecule has 0 radical (unpaired) electrons. The molecule has 0 aliphatic rings. The minimum Gasteiger partial charge on any atom is -0.435 e. The third-order valence-electron chi connectivity index (χ3n) is 10.5. The van der Waals surface area contributed by atoms with Gasteiger partial charge in [-0.2, -0.15) is 0 Å². The first-order valence-electron chi connectivity index (χ1n) is 17.1. The predicted octanol–water partition coefficient (Wildman–Crippen LogP) is 11.4. The summed E-state index contributed by atoms with van der Waals surface area (Å²) in [5.41, 5.74) is 11.0. The van der Waals surface area contributed by atoms with Gasteiger partial charge in [-0.25, -0.2) is 15.0 Å². The first kappa shape index (κ1) is 26.9. The number of oxazole rings is 1. The highest BCUT2D eigenvalue weighted by atomic mass is 16.3. The molecule has 5 heterocycles. The van der Waals surface area contributed by atoms with Crippen LogP contribution in [0.2, 0.25) is 0 Å². The second kappa shape index (κ2) is 9.77. The van der Waals surface area contributed by atoms with Crippen LogP contribution in [-0.4, -0.2) is 23.9 Å². The molecule has 0 aliphatic carbocycles. The molecule has 0 saturated heterocycles. The lowest BCUT2D eigenvalue weighted by atomic mass is 10.0. The van der Waals surface area contributed by atoms with Crippen LogP contribution >= 0.6 is 0 Å². The van der Waals surface area contributed by atoms with E-state index < -0.39 is 0 Å². The average Bonchev–Trinajstić information content (AvgIpc) is 3.94. The monoisotopic (exact) mass is 651 g/mol. The van der Waals surface area contributed by atoms with Crippen molar-refractivity contribution in [3.05, 3.63) is 152 Å². The lowest BCUT2D eigenvalue weighted by Gasteiger charge is -2.12. The third-order valence-corrected chi connectivity index (χ3v) is 10.5. The zero-order valence-corrected chi connectivity index (χ0v) is 27.1. The van der Waals surface area contributed by atoms with Crippen molar-refractivity contribution in [1.82, 2.24) is 23.9 Å². The Balaban J connectivity index is 1.18. The van der Waals surface area contributed by atoms with Gasteiger partial charge >= 0.3 is 0 Å². The molecule has 5 aromatic heterocycles. The molecular formula is C45H25N5O. The summed E-state index contributed by atoms with van der Waals surface area (Å²) in [6.45, 7) is 0. The maximum atomic E-state index is 6.68. The molecule has 0 aliphatic heterocycles. The fraction of sp³-hybridized carbons (Fsp3) is 0. The summed E-state index contributed by atoms with van der Waals surface area (Å²) in [5.74, 6) is 1.26. The van der Waals surface area contributed by atoms with Crippen molar-refractivity contribution in [3.8, 4) is 28.7 Å². The molecule has 7 aromatic carbocycles. The summed E-state index contributed by atoms with van der Waals surface area (Å²) in [4.78, 5) is 15.6. The van der Waals surface area contributed by atoms with E-state index in [2.05, 4.69) is 124 Å². The van der Waals surface area contributed by atoms with E-state index in [1.165, 1.54) is 21.5 Å². The lowest BCUT2D eigenvalue weighted by molar-refractivity contribution is 0.623. The highest BCUT2D eigenvalue weighted by Gasteiger charge is 2.24. The maximum absolute atomic E-state index is 6.68. The Morgan fingerprint density at radius 1 is 0.431 bits per heavy atom. The number of nitrogens with zero attached hydrogens (tertiary/aromatic N) is 5. The van der Waals surface area contributed by atoms with Crippen molar-refractivity contribution < 1.29 is 4.42 Å². The van der Waals surface area contributed by atoms with Crippen LogP contribution in [0.25, 0.3) is 111 Å². The van der Waals surface area contributed by atoms with Gasteiger partial charge in [-0.15, -0.1) is 0 Å². The molecule has 0 amide bonds. The van der Waals surface area contributed by atoms with Crippen LogP contribution in [-0.2, 0) is 0 Å². The molecule has 6 nitrogen and oxygen atoms in total. The number of hydrogen-bond donors (Lipinski definition) is 0. The van der Waals surface area contributed by atoms with Gasteiger partial charge in [-0.1, -0.05) is 97.1 Å². The third kappa shape index (κ3) is 3.57. The Bertz CT molecular complexity index is 3320. The van der Waals surface area contributed by atoms with Gasteiger partial charge in [0.15, 0.2) is 5.58 Å². The highest BCUT2D eigenvalue weighted by molar-refractivity contribution is 6.30. The topological polar surface area (TPSA) is 61.2 Å². The fourth-order valence-corrected chi connectivity index (χ4v) is 8.32. The van der Waals surface area contributed by atoms with Crippen molar-refractivity contribution in [2.24, 2.45) is 0 Å². The summed E-state index contributed by atoms with van der Waals surface area (Å²) < 4.78 is 11.3. The van der Waals surface area contributed by atoms with E-state index in [4.69, 9.17) is 19.4 Å². The van der Waals surface area contributed by atoms with Crippen molar-refractivity contribution in [1.29, 1.82) is 0 Å². The SMILES string of the molecule is c1ccc(-c2nc3cc4c5ccccc5n5c6ccc(-c7nc(-n8c9ccccc9c9ccccc98)nc8ccccc78)cc6c(c3o2)c45)cc1. The smallest absolute Gasteiger partial charge is 0.235 e. The molecule has 0 saturated carbocycles. The number of aromatic nitrogens is 5. The number of fused-ring (bicyclic) bond motifs is 12. The second-order valence-corrected chi connectivity index (χ2v) is 13.2. The minimum absolute atomic E-state index is 0.618. The molecule has 12 rings (SSSR count). The summed E-state index contributed by atoms with van der Waals surface area (Å²) in [5, 5.41) is 7.88. The second-order valence-electron chi connectivity index (χ2n) is 13.2. The summed E-state index contributed by atoms with van der Waals surface area (Å²) in [6, 6.07) is 52.9. The molecule has 0 fully saturated rings. The molecule has 6 heteroatoms. The molecule has 0 atom stereocenters. The van der Waals surface area contributed by atoms with Crippen molar-refractivity contribution >= 4 is 81.9 Å². The first-order chi connectivity index (χ1) is 25.3. The van der Waals surface area contributed by atoms with Gasteiger partial charge in [-0.3, -0.25) is 4.57 Å². The van der Waals surface area contributed by atoms with Gasteiger partial charge in [0.2, 0.25) is 11.8 Å². The zero-order chi connectivity index (χ0) is 33.2. The van der Waals surface area contributed by atoms with E-state index in [-0.39, 0.29) is 0 Å². The summed E-state index contributed by atoms with van der Waals surface area (Å²) in [7, 11) is 0. The van der Waals surface area contributed by atoms with E-state index in [1.54, 1.807) is 0 Å². The average molecular weight is 652 g/mol. The number of rotatable bonds is 3. The molecular weight excluding hydrogens is 627 g/mol. The van der Waals surface area contributed by atoms with Gasteiger partial charge in [0.25, 0.3) is 0 Å². The molecule has 0 unspecified atom stereocenters. The van der Waals surface area contributed by atoms with Crippen molar-refractivity contribution in [2.75, 3.05) is 0 Å². The van der Waals surface area contributed by atoms with Gasteiger partial charge < -0.3 is 8.82 Å². The lowest BCUT2D eigenvalue weighted by Crippen LogP contribution is -2.03. The molecule has 0 N–H and O–H groups in total. The van der Waals surface area contributed by atoms with Crippen LogP contribution in [0.4, 0.5) is 0 Å². The van der Waals surface area contributed by atoms with E-state index in [1.807, 2.05) is 36.4 Å². The first-order valence-corrected chi connectivity index (χ1v) is 17.1. The van der Waals surface area contributed by atoms with Gasteiger partial charge in [-0.05, 0) is 54.6 Å². The van der Waals surface area contributed by atoms with Crippen LogP contribution in [0.3, 0.4) is 0 Å². The normalized spacial score (nSPS) is 12.3. The van der Waals surface area contributed by atoms with Gasteiger partial charge in [0.05, 0.1) is 44.2 Å². The van der Waals surface area contributed by atoms with Crippen LogP contribution in [0.1, 0.15) is 0 Å². The molecule has 12 aromatic rings. The van der Waals surface area contributed by atoms with Gasteiger partial charge in [0, 0.05) is 43.4 Å². The Morgan fingerprint density at radius 3 is 1.82 bits per heavy atom. The number of para-hydroxylation sites is 4. The summed E-state index contributed by atoms with van der Waals surface area (Å²) in [6.07, 6.45) is 0. The van der Waals surface area contributed by atoms with Crippen LogP contribution in [0.5, 0.6) is 0 Å². The maximum Gasteiger partial charge on any atom is 0.235 e. The zero-order valence-electron chi connectivity index (χ0n) is 27.1. The van der Waals surface area contributed by atoms with Crippen LogP contribution in [0, 0.1) is 0 Å². The van der Waals surface area contributed by atoms with E-state index in [0.29, 0.717) is 11.8 Å². The van der Waals surface area contributed by atoms with Crippen LogP contribution in [0.15, 0.2) is 156 Å². The highest BCUT2D eigenvalue weighted by Crippen LogP contribution is 2.45. The van der Waals surface area contributed by atoms with Crippen LogP contribution < -0.4 is 0 Å². The number of hydrogen-bond acceptors (Lipinski definition) is 4. The minimum atomic E-state index is 0.618. The molecule has 236 valence electrons. The standard InChI is InChI=1S/C45H25N5O/c1-2-12-26(13-3-1)44-46-35-25-32-30-16-7-9-19-36(30)49-39-23-22-27(24-33(39)40(42(32)49)43(35)51-44)41-31-17-4-8-18-34(31)47-45(48-41)50-37-20-10-5-14-28(37)29-15-6-11-21-38(29)50/h1-25H. The van der Waals surface area contributed by atoms with Crippen molar-refractivity contribution in [3.63, 3.8) is 0 Å². The molecule has 51 heavy (non-hydrogen) atoms. The van der Waals surface area contributed by atoms with Crippen molar-refractivity contribution in [2.45, 2.75) is 0 Å². The molecule has 0 bridgehead atoms. The Kier molecular flexibility index (Phi) is 5.14. The molecule has 0 spiro atoms. The predicted molar refractivity (Wildman–Crippen MR) is 207 cm³/mol. The quantitative estimate of drug-likeness (QED) is 0.191. The Hall–Kier alpha value is -7.05. The van der Waals surface area contributed by atoms with Gasteiger partial charge in [0.1, 0.15) is 5.52 Å². The summed E-state index contributed by atoms with van der Waals surface area (Å²) >= 11 is 0. The largest absolute Gasteiger partial charge is 0.435 e.